The number of benzene rings is 1. The summed E-state index contributed by atoms with van der Waals surface area (Å²) in [6, 6.07) is 7.45. The van der Waals surface area contributed by atoms with Gasteiger partial charge in [-0.3, -0.25) is 0 Å². The maximum Gasteiger partial charge on any atom is 0.123 e. The molecule has 16 heavy (non-hydrogen) atoms. The summed E-state index contributed by atoms with van der Waals surface area (Å²) in [5.74, 6) is 0.799. The Morgan fingerprint density at radius 2 is 2.00 bits per heavy atom. The van der Waals surface area contributed by atoms with Gasteiger partial charge in [0.05, 0.1) is 0 Å². The Balaban J connectivity index is 1.89. The van der Waals surface area contributed by atoms with Crippen molar-refractivity contribution in [2.45, 2.75) is 18.4 Å². The molecule has 0 amide bonds. The SMILES string of the molecule is NC1CC1c1cnc(-c2ccc(O)cc2)s1. The van der Waals surface area contributed by atoms with Crippen molar-refractivity contribution in [3.63, 3.8) is 0 Å². The van der Waals surface area contributed by atoms with Crippen LogP contribution < -0.4 is 5.73 Å². The van der Waals surface area contributed by atoms with Crippen molar-refractivity contribution in [3.8, 4) is 16.3 Å². The van der Waals surface area contributed by atoms with Crippen LogP contribution in [0.4, 0.5) is 0 Å². The molecule has 0 bridgehead atoms. The van der Waals surface area contributed by atoms with E-state index in [0.29, 0.717) is 12.0 Å². The number of phenolic OH excluding ortho intramolecular Hbond substituents is 1. The summed E-state index contributed by atoms with van der Waals surface area (Å²) in [6.45, 7) is 0. The molecule has 1 fully saturated rings. The molecule has 2 atom stereocenters. The lowest BCUT2D eigenvalue weighted by molar-refractivity contribution is 0.475. The Kier molecular flexibility index (Phi) is 2.19. The Hall–Kier alpha value is -1.39. The van der Waals surface area contributed by atoms with Gasteiger partial charge in [-0.1, -0.05) is 0 Å². The third-order valence-corrected chi connectivity index (χ3v) is 4.02. The molecule has 4 heteroatoms. The first-order chi connectivity index (χ1) is 7.74. The smallest absolute Gasteiger partial charge is 0.123 e. The Morgan fingerprint density at radius 1 is 1.31 bits per heavy atom. The predicted octanol–water partition coefficient (Wildman–Crippen LogP) is 2.33. The van der Waals surface area contributed by atoms with Crippen LogP contribution in [0.25, 0.3) is 10.6 Å². The van der Waals surface area contributed by atoms with Gasteiger partial charge in [0, 0.05) is 28.6 Å². The minimum absolute atomic E-state index is 0.282. The molecule has 1 aromatic heterocycles. The van der Waals surface area contributed by atoms with Crippen molar-refractivity contribution >= 4 is 11.3 Å². The van der Waals surface area contributed by atoms with Crippen molar-refractivity contribution in [1.29, 1.82) is 0 Å². The van der Waals surface area contributed by atoms with Gasteiger partial charge in [0.1, 0.15) is 10.8 Å². The quantitative estimate of drug-likeness (QED) is 0.835. The summed E-state index contributed by atoms with van der Waals surface area (Å²) >= 11 is 1.69. The number of rotatable bonds is 2. The zero-order valence-electron chi connectivity index (χ0n) is 8.63. The van der Waals surface area contributed by atoms with E-state index in [4.69, 9.17) is 5.73 Å². The van der Waals surface area contributed by atoms with Crippen molar-refractivity contribution in [1.82, 2.24) is 4.98 Å². The minimum Gasteiger partial charge on any atom is -0.508 e. The molecule has 1 heterocycles. The zero-order chi connectivity index (χ0) is 11.1. The molecule has 82 valence electrons. The first kappa shape index (κ1) is 9.81. The number of hydrogen-bond acceptors (Lipinski definition) is 4. The molecule has 0 spiro atoms. The molecule has 0 radical (unpaired) electrons. The molecule has 2 unspecified atom stereocenters. The molecule has 3 N–H and O–H groups in total. The lowest BCUT2D eigenvalue weighted by atomic mass is 10.2. The molecule has 1 aliphatic rings. The Labute approximate surface area is 97.6 Å². The predicted molar refractivity (Wildman–Crippen MR) is 64.5 cm³/mol. The largest absolute Gasteiger partial charge is 0.508 e. The summed E-state index contributed by atoms with van der Waals surface area (Å²) in [6.07, 6.45) is 3.00. The van der Waals surface area contributed by atoms with E-state index in [1.165, 1.54) is 4.88 Å². The lowest BCUT2D eigenvalue weighted by Crippen LogP contribution is -1.99. The van der Waals surface area contributed by atoms with Crippen LogP contribution in [0.15, 0.2) is 30.5 Å². The van der Waals surface area contributed by atoms with Crippen LogP contribution in [0, 0.1) is 0 Å². The summed E-state index contributed by atoms with van der Waals surface area (Å²) in [5, 5.41) is 10.2. The molecule has 2 aromatic rings. The second kappa shape index (κ2) is 3.57. The second-order valence-electron chi connectivity index (χ2n) is 4.12. The number of aromatic hydroxyl groups is 1. The fourth-order valence-electron chi connectivity index (χ4n) is 1.74. The molecule has 0 aliphatic heterocycles. The van der Waals surface area contributed by atoms with Gasteiger partial charge in [-0.2, -0.15) is 0 Å². The molecule has 3 rings (SSSR count). The normalized spacial score (nSPS) is 23.3. The van der Waals surface area contributed by atoms with Crippen LogP contribution in [0.2, 0.25) is 0 Å². The maximum absolute atomic E-state index is 9.21. The summed E-state index contributed by atoms with van der Waals surface area (Å²) in [7, 11) is 0. The average Bonchev–Trinajstić information content (AvgIpc) is 2.82. The topological polar surface area (TPSA) is 59.1 Å². The van der Waals surface area contributed by atoms with Gasteiger partial charge in [0.15, 0.2) is 0 Å². The number of hydrogen-bond donors (Lipinski definition) is 2. The minimum atomic E-state index is 0.282. The molecule has 1 aliphatic carbocycles. The Bertz CT molecular complexity index is 506. The molecule has 1 aromatic carbocycles. The van der Waals surface area contributed by atoms with Crippen LogP contribution >= 0.6 is 11.3 Å². The fraction of sp³-hybridized carbons (Fsp3) is 0.250. The maximum atomic E-state index is 9.21. The van der Waals surface area contributed by atoms with Crippen LogP contribution in [0.1, 0.15) is 17.2 Å². The number of nitrogens with zero attached hydrogens (tertiary/aromatic N) is 1. The monoisotopic (exact) mass is 232 g/mol. The highest BCUT2D eigenvalue weighted by atomic mass is 32.1. The molecular formula is C12H12N2OS. The van der Waals surface area contributed by atoms with E-state index < -0.39 is 0 Å². The van der Waals surface area contributed by atoms with Gasteiger partial charge in [-0.15, -0.1) is 11.3 Å². The van der Waals surface area contributed by atoms with Crippen molar-refractivity contribution in [2.75, 3.05) is 0 Å². The van der Waals surface area contributed by atoms with Gasteiger partial charge in [0.2, 0.25) is 0 Å². The lowest BCUT2D eigenvalue weighted by Gasteiger charge is -1.95. The van der Waals surface area contributed by atoms with E-state index in [-0.39, 0.29) is 5.75 Å². The van der Waals surface area contributed by atoms with Crippen LogP contribution in [-0.2, 0) is 0 Å². The third kappa shape index (κ3) is 1.70. The highest BCUT2D eigenvalue weighted by molar-refractivity contribution is 7.15. The van der Waals surface area contributed by atoms with E-state index in [1.807, 2.05) is 18.3 Å². The van der Waals surface area contributed by atoms with Crippen molar-refractivity contribution in [2.24, 2.45) is 5.73 Å². The van der Waals surface area contributed by atoms with Gasteiger partial charge < -0.3 is 10.8 Å². The highest BCUT2D eigenvalue weighted by Gasteiger charge is 2.36. The first-order valence-electron chi connectivity index (χ1n) is 5.25. The fourth-order valence-corrected chi connectivity index (χ4v) is 2.85. The van der Waals surface area contributed by atoms with Gasteiger partial charge in [-0.05, 0) is 30.7 Å². The van der Waals surface area contributed by atoms with E-state index in [9.17, 15) is 5.11 Å². The average molecular weight is 232 g/mol. The second-order valence-corrected chi connectivity index (χ2v) is 5.18. The number of aromatic nitrogens is 1. The zero-order valence-corrected chi connectivity index (χ0v) is 9.45. The molecule has 0 saturated heterocycles. The highest BCUT2D eigenvalue weighted by Crippen LogP contribution is 2.43. The summed E-state index contributed by atoms with van der Waals surface area (Å²) < 4.78 is 0. The third-order valence-electron chi connectivity index (χ3n) is 2.84. The van der Waals surface area contributed by atoms with Crippen molar-refractivity contribution < 1.29 is 5.11 Å². The van der Waals surface area contributed by atoms with E-state index in [1.54, 1.807) is 23.5 Å². The Morgan fingerprint density at radius 3 is 2.62 bits per heavy atom. The summed E-state index contributed by atoms with van der Waals surface area (Å²) in [5.41, 5.74) is 6.86. The molecule has 3 nitrogen and oxygen atoms in total. The standard InChI is InChI=1S/C12H12N2OS/c13-10-5-9(10)11-6-14-12(16-11)7-1-3-8(15)4-2-7/h1-4,6,9-10,15H,5,13H2. The van der Waals surface area contributed by atoms with Gasteiger partial charge in [0.25, 0.3) is 0 Å². The first-order valence-corrected chi connectivity index (χ1v) is 6.06. The summed E-state index contributed by atoms with van der Waals surface area (Å²) in [4.78, 5) is 5.67. The van der Waals surface area contributed by atoms with Crippen molar-refractivity contribution in [3.05, 3.63) is 35.3 Å². The molecular weight excluding hydrogens is 220 g/mol. The number of phenols is 1. The van der Waals surface area contributed by atoms with Crippen LogP contribution in [-0.4, -0.2) is 16.1 Å². The van der Waals surface area contributed by atoms with E-state index in [0.717, 1.165) is 17.0 Å². The van der Waals surface area contributed by atoms with Gasteiger partial charge >= 0.3 is 0 Å². The number of thiazole rings is 1. The number of nitrogens with two attached hydrogens (primary N) is 1. The van der Waals surface area contributed by atoms with Crippen LogP contribution in [0.5, 0.6) is 5.75 Å². The van der Waals surface area contributed by atoms with E-state index in [2.05, 4.69) is 4.98 Å². The van der Waals surface area contributed by atoms with E-state index >= 15 is 0 Å². The van der Waals surface area contributed by atoms with Crippen LogP contribution in [0.3, 0.4) is 0 Å². The van der Waals surface area contributed by atoms with Gasteiger partial charge in [-0.25, -0.2) is 4.98 Å². The molecule has 1 saturated carbocycles.